The molecule has 0 atom stereocenters. The number of nitrogens with zero attached hydrogens (tertiary/aromatic N) is 1. The molecule has 2 nitrogen and oxygen atoms in total. The first-order chi connectivity index (χ1) is 7.29. The van der Waals surface area contributed by atoms with Crippen molar-refractivity contribution in [3.63, 3.8) is 0 Å². The third-order valence-corrected chi connectivity index (χ3v) is 2.31. The molecule has 0 aliphatic carbocycles. The molecule has 15 heavy (non-hydrogen) atoms. The van der Waals surface area contributed by atoms with Crippen LogP contribution < -0.4 is 5.73 Å². The van der Waals surface area contributed by atoms with Crippen LogP contribution in [0.25, 0.3) is 5.69 Å². The van der Waals surface area contributed by atoms with E-state index in [0.29, 0.717) is 6.54 Å². The van der Waals surface area contributed by atoms with Crippen LogP contribution in [0.1, 0.15) is 5.56 Å². The van der Waals surface area contributed by atoms with Gasteiger partial charge in [-0.3, -0.25) is 0 Å². The van der Waals surface area contributed by atoms with Crippen molar-refractivity contribution < 1.29 is 4.39 Å². The van der Waals surface area contributed by atoms with E-state index in [1.54, 1.807) is 12.1 Å². The zero-order valence-electron chi connectivity index (χ0n) is 8.36. The SMILES string of the molecule is NCCc1ccn(-c2ccc(F)cc2)c1. The predicted molar refractivity (Wildman–Crippen MR) is 58.5 cm³/mol. The van der Waals surface area contributed by atoms with Gasteiger partial charge < -0.3 is 10.3 Å². The van der Waals surface area contributed by atoms with Crippen molar-refractivity contribution in [2.24, 2.45) is 5.73 Å². The number of hydrogen-bond donors (Lipinski definition) is 1. The average Bonchev–Trinajstić information content (AvgIpc) is 2.68. The van der Waals surface area contributed by atoms with Crippen molar-refractivity contribution >= 4 is 0 Å². The van der Waals surface area contributed by atoms with Crippen molar-refractivity contribution in [1.29, 1.82) is 0 Å². The summed E-state index contributed by atoms with van der Waals surface area (Å²) < 4.78 is 14.7. The Kier molecular flexibility index (Phi) is 2.83. The smallest absolute Gasteiger partial charge is 0.123 e. The van der Waals surface area contributed by atoms with Crippen molar-refractivity contribution in [3.8, 4) is 5.69 Å². The van der Waals surface area contributed by atoms with Crippen LogP contribution in [-0.4, -0.2) is 11.1 Å². The second kappa shape index (κ2) is 4.28. The minimum Gasteiger partial charge on any atom is -0.330 e. The minimum atomic E-state index is -0.215. The van der Waals surface area contributed by atoms with E-state index in [4.69, 9.17) is 5.73 Å². The second-order valence-electron chi connectivity index (χ2n) is 3.44. The fraction of sp³-hybridized carbons (Fsp3) is 0.167. The summed E-state index contributed by atoms with van der Waals surface area (Å²) in [4.78, 5) is 0. The lowest BCUT2D eigenvalue weighted by atomic mass is 10.2. The summed E-state index contributed by atoms with van der Waals surface area (Å²) in [6, 6.07) is 8.44. The third kappa shape index (κ3) is 2.25. The van der Waals surface area contributed by atoms with Crippen LogP contribution in [0.4, 0.5) is 4.39 Å². The zero-order chi connectivity index (χ0) is 10.7. The summed E-state index contributed by atoms with van der Waals surface area (Å²) in [6.45, 7) is 0.646. The van der Waals surface area contributed by atoms with Crippen LogP contribution in [0.3, 0.4) is 0 Å². The van der Waals surface area contributed by atoms with E-state index in [9.17, 15) is 4.39 Å². The van der Waals surface area contributed by atoms with Gasteiger partial charge >= 0.3 is 0 Å². The summed E-state index contributed by atoms with van der Waals surface area (Å²) in [5.74, 6) is -0.215. The van der Waals surface area contributed by atoms with E-state index in [1.807, 2.05) is 23.0 Å². The molecule has 0 saturated heterocycles. The van der Waals surface area contributed by atoms with Gasteiger partial charge in [-0.25, -0.2) is 4.39 Å². The van der Waals surface area contributed by atoms with Gasteiger partial charge in [-0.05, 0) is 48.9 Å². The summed E-state index contributed by atoms with van der Waals surface area (Å²) in [7, 11) is 0. The normalized spacial score (nSPS) is 10.5. The molecule has 0 saturated carbocycles. The van der Waals surface area contributed by atoms with Crippen molar-refractivity contribution in [2.75, 3.05) is 6.54 Å². The van der Waals surface area contributed by atoms with Crippen LogP contribution in [-0.2, 0) is 6.42 Å². The molecule has 2 aromatic rings. The highest BCUT2D eigenvalue weighted by Gasteiger charge is 1.98. The lowest BCUT2D eigenvalue weighted by molar-refractivity contribution is 0.627. The molecular weight excluding hydrogens is 191 g/mol. The van der Waals surface area contributed by atoms with E-state index in [2.05, 4.69) is 0 Å². The molecule has 0 unspecified atom stereocenters. The molecule has 0 spiro atoms. The first-order valence-electron chi connectivity index (χ1n) is 4.92. The molecule has 0 aliphatic rings. The molecule has 1 aromatic heterocycles. The Morgan fingerprint density at radius 2 is 1.87 bits per heavy atom. The van der Waals surface area contributed by atoms with Gasteiger partial charge in [-0.1, -0.05) is 0 Å². The van der Waals surface area contributed by atoms with Gasteiger partial charge in [0, 0.05) is 18.1 Å². The molecule has 78 valence electrons. The van der Waals surface area contributed by atoms with Crippen molar-refractivity contribution in [3.05, 3.63) is 54.1 Å². The van der Waals surface area contributed by atoms with Crippen LogP contribution in [0.5, 0.6) is 0 Å². The van der Waals surface area contributed by atoms with Gasteiger partial charge in [0.2, 0.25) is 0 Å². The highest BCUT2D eigenvalue weighted by atomic mass is 19.1. The second-order valence-corrected chi connectivity index (χ2v) is 3.44. The highest BCUT2D eigenvalue weighted by molar-refractivity contribution is 5.34. The summed E-state index contributed by atoms with van der Waals surface area (Å²) >= 11 is 0. The molecular formula is C12H13FN2. The maximum absolute atomic E-state index is 12.7. The van der Waals surface area contributed by atoms with Crippen LogP contribution >= 0.6 is 0 Å². The Balaban J connectivity index is 2.25. The molecule has 2 N–H and O–H groups in total. The van der Waals surface area contributed by atoms with Crippen molar-refractivity contribution in [2.45, 2.75) is 6.42 Å². The Morgan fingerprint density at radius 3 is 2.53 bits per heavy atom. The Bertz CT molecular complexity index is 431. The van der Waals surface area contributed by atoms with Gasteiger partial charge in [-0.2, -0.15) is 0 Å². The molecule has 0 amide bonds. The van der Waals surface area contributed by atoms with Crippen LogP contribution in [0.2, 0.25) is 0 Å². The number of benzene rings is 1. The number of hydrogen-bond acceptors (Lipinski definition) is 1. The maximum atomic E-state index is 12.7. The standard InChI is InChI=1S/C12H13FN2/c13-11-1-3-12(4-2-11)15-8-6-10(9-15)5-7-14/h1-4,6,8-9H,5,7,14H2. The summed E-state index contributed by atoms with van der Waals surface area (Å²) in [5, 5.41) is 0. The van der Waals surface area contributed by atoms with Gasteiger partial charge in [0.25, 0.3) is 0 Å². The molecule has 0 bridgehead atoms. The Morgan fingerprint density at radius 1 is 1.13 bits per heavy atom. The first kappa shape index (κ1) is 9.93. The van der Waals surface area contributed by atoms with Gasteiger partial charge in [-0.15, -0.1) is 0 Å². The van der Waals surface area contributed by atoms with E-state index in [-0.39, 0.29) is 5.82 Å². The molecule has 2 rings (SSSR count). The molecule has 1 aromatic carbocycles. The largest absolute Gasteiger partial charge is 0.330 e. The van der Waals surface area contributed by atoms with Gasteiger partial charge in [0.15, 0.2) is 0 Å². The first-order valence-corrected chi connectivity index (χ1v) is 4.92. The fourth-order valence-corrected chi connectivity index (χ4v) is 1.53. The molecule has 3 heteroatoms. The fourth-order valence-electron chi connectivity index (χ4n) is 1.53. The summed E-state index contributed by atoms with van der Waals surface area (Å²) in [6.07, 6.45) is 4.84. The highest BCUT2D eigenvalue weighted by Crippen LogP contribution is 2.11. The number of rotatable bonds is 3. The number of nitrogens with two attached hydrogens (primary N) is 1. The molecule has 0 aliphatic heterocycles. The monoisotopic (exact) mass is 204 g/mol. The predicted octanol–water partition coefficient (Wildman–Crippen LogP) is 2.12. The Labute approximate surface area is 88.1 Å². The summed E-state index contributed by atoms with van der Waals surface area (Å²) in [5.41, 5.74) is 7.62. The molecule has 0 fully saturated rings. The zero-order valence-corrected chi connectivity index (χ0v) is 8.36. The lowest BCUT2D eigenvalue weighted by Crippen LogP contribution is -2.01. The van der Waals surface area contributed by atoms with E-state index in [1.165, 1.54) is 17.7 Å². The molecule has 0 radical (unpaired) electrons. The minimum absolute atomic E-state index is 0.215. The Hall–Kier alpha value is -1.61. The quantitative estimate of drug-likeness (QED) is 0.815. The van der Waals surface area contributed by atoms with Gasteiger partial charge in [0.05, 0.1) is 0 Å². The van der Waals surface area contributed by atoms with E-state index >= 15 is 0 Å². The van der Waals surface area contributed by atoms with E-state index in [0.717, 1.165) is 12.1 Å². The molecule has 1 heterocycles. The number of halogens is 1. The lowest BCUT2D eigenvalue weighted by Gasteiger charge is -2.01. The van der Waals surface area contributed by atoms with Gasteiger partial charge in [0.1, 0.15) is 5.82 Å². The topological polar surface area (TPSA) is 30.9 Å². The maximum Gasteiger partial charge on any atom is 0.123 e. The van der Waals surface area contributed by atoms with Crippen LogP contribution in [0.15, 0.2) is 42.7 Å². The third-order valence-electron chi connectivity index (χ3n) is 2.31. The van der Waals surface area contributed by atoms with Crippen LogP contribution in [0, 0.1) is 5.82 Å². The van der Waals surface area contributed by atoms with E-state index < -0.39 is 0 Å². The number of aromatic nitrogens is 1. The van der Waals surface area contributed by atoms with Crippen molar-refractivity contribution in [1.82, 2.24) is 4.57 Å². The average molecular weight is 204 g/mol.